The first-order chi connectivity index (χ1) is 15.8. The highest BCUT2D eigenvalue weighted by atomic mass is 32.2. The van der Waals surface area contributed by atoms with Crippen molar-refractivity contribution in [2.75, 3.05) is 36.5 Å². The number of nitrogens with zero attached hydrogens (tertiary/aromatic N) is 3. The zero-order valence-electron chi connectivity index (χ0n) is 18.8. The molecule has 0 unspecified atom stereocenters. The zero-order chi connectivity index (χ0) is 23.2. The van der Waals surface area contributed by atoms with Gasteiger partial charge in [-0.2, -0.15) is 0 Å². The summed E-state index contributed by atoms with van der Waals surface area (Å²) in [6, 6.07) is 7.79. The number of aromatic amines is 1. The Morgan fingerprint density at radius 2 is 2.03 bits per heavy atom. The topological polar surface area (TPSA) is 108 Å². The number of carbonyl (C=O) groups excluding carboxylic acids is 1. The zero-order valence-corrected chi connectivity index (χ0v) is 19.6. The summed E-state index contributed by atoms with van der Waals surface area (Å²) in [6.45, 7) is 3.69. The van der Waals surface area contributed by atoms with Crippen molar-refractivity contribution in [3.05, 3.63) is 53.4 Å². The maximum Gasteiger partial charge on any atom is 0.253 e. The standard InChI is InChI=1S/C24H27N5O3S/c1-15-23-28-22-17(8-5-9-19(22)26-15)20-13-18-21(27-20)16(14-25-24(18)30)7-3-4-10-29(23)11-6-12-33(2,31)32/h3-5,8-9,13,16,27H,6-7,10-12,14H2,1-2H3,(H,25,30)/b4-3-/t16-/m0/s1. The summed E-state index contributed by atoms with van der Waals surface area (Å²) >= 11 is 0. The Morgan fingerprint density at radius 1 is 1.18 bits per heavy atom. The second-order valence-electron chi connectivity index (χ2n) is 8.86. The maximum atomic E-state index is 12.5. The van der Waals surface area contributed by atoms with E-state index in [2.05, 4.69) is 27.4 Å². The Labute approximate surface area is 193 Å². The molecule has 5 rings (SSSR count). The number of aromatic nitrogens is 3. The first kappa shape index (κ1) is 21.6. The number of benzene rings is 1. The van der Waals surface area contributed by atoms with Crippen molar-refractivity contribution in [2.24, 2.45) is 0 Å². The van der Waals surface area contributed by atoms with Gasteiger partial charge in [0.15, 0.2) is 5.82 Å². The number of anilines is 1. The number of hydrogen-bond acceptors (Lipinski definition) is 6. The average molecular weight is 466 g/mol. The molecule has 0 radical (unpaired) electrons. The normalized spacial score (nSPS) is 19.0. The van der Waals surface area contributed by atoms with Gasteiger partial charge in [0.25, 0.3) is 5.91 Å². The van der Waals surface area contributed by atoms with E-state index in [0.29, 0.717) is 31.6 Å². The fourth-order valence-corrected chi connectivity index (χ4v) is 5.33. The molecule has 0 saturated carbocycles. The fraction of sp³-hybridized carbons (Fsp3) is 0.375. The van der Waals surface area contributed by atoms with Crippen LogP contribution in [0.15, 0.2) is 36.4 Å². The Balaban J connectivity index is 1.65. The third-order valence-electron chi connectivity index (χ3n) is 6.30. The van der Waals surface area contributed by atoms with Gasteiger partial charge in [-0.1, -0.05) is 24.3 Å². The van der Waals surface area contributed by atoms with E-state index in [9.17, 15) is 13.2 Å². The predicted octanol–water partition coefficient (Wildman–Crippen LogP) is 2.96. The molecule has 1 atom stereocenters. The van der Waals surface area contributed by atoms with Crippen LogP contribution in [0, 0.1) is 6.92 Å². The lowest BCUT2D eigenvalue weighted by Crippen LogP contribution is -2.34. The molecule has 4 heterocycles. The SMILES string of the molecule is Cc1nc2cccc3c2nc1N(CCCS(C)(=O)=O)C/C=C\C[C@H]1CNC(=O)c2cc-3[nH]c21. The van der Waals surface area contributed by atoms with Gasteiger partial charge in [0, 0.05) is 48.8 Å². The van der Waals surface area contributed by atoms with Crippen LogP contribution in [-0.4, -0.2) is 60.9 Å². The van der Waals surface area contributed by atoms with Crippen molar-refractivity contribution in [1.82, 2.24) is 20.3 Å². The number of rotatable bonds is 4. The van der Waals surface area contributed by atoms with E-state index in [1.807, 2.05) is 31.2 Å². The molecule has 172 valence electrons. The van der Waals surface area contributed by atoms with Crippen molar-refractivity contribution < 1.29 is 13.2 Å². The maximum absolute atomic E-state index is 12.5. The van der Waals surface area contributed by atoms with Gasteiger partial charge in [0.2, 0.25) is 0 Å². The van der Waals surface area contributed by atoms with E-state index >= 15 is 0 Å². The molecule has 1 aromatic carbocycles. The highest BCUT2D eigenvalue weighted by Gasteiger charge is 2.28. The molecular weight excluding hydrogens is 438 g/mol. The van der Waals surface area contributed by atoms with Crippen molar-refractivity contribution in [3.8, 4) is 11.3 Å². The number of hydrogen-bond donors (Lipinski definition) is 2. The number of amides is 1. The second kappa shape index (κ2) is 8.30. The van der Waals surface area contributed by atoms with Crippen LogP contribution in [0.25, 0.3) is 22.3 Å². The molecule has 0 aliphatic carbocycles. The summed E-state index contributed by atoms with van der Waals surface area (Å²) in [4.78, 5) is 28.0. The van der Waals surface area contributed by atoms with E-state index in [4.69, 9.17) is 9.97 Å². The van der Waals surface area contributed by atoms with Gasteiger partial charge in [0.05, 0.1) is 22.5 Å². The average Bonchev–Trinajstić information content (AvgIpc) is 3.21. The first-order valence-electron chi connectivity index (χ1n) is 11.2. The molecule has 2 aliphatic rings. The number of H-pyrrole nitrogens is 1. The molecule has 4 bridgehead atoms. The molecule has 3 aromatic rings. The van der Waals surface area contributed by atoms with Crippen molar-refractivity contribution >= 4 is 32.6 Å². The lowest BCUT2D eigenvalue weighted by atomic mass is 9.94. The van der Waals surface area contributed by atoms with E-state index in [-0.39, 0.29) is 17.6 Å². The largest absolute Gasteiger partial charge is 0.357 e. The highest BCUT2D eigenvalue weighted by molar-refractivity contribution is 7.90. The van der Waals surface area contributed by atoms with Gasteiger partial charge in [-0.15, -0.1) is 0 Å². The van der Waals surface area contributed by atoms with Crippen LogP contribution >= 0.6 is 0 Å². The van der Waals surface area contributed by atoms with E-state index < -0.39 is 9.84 Å². The molecular formula is C24H27N5O3S. The van der Waals surface area contributed by atoms with Gasteiger partial charge in [-0.05, 0) is 31.9 Å². The minimum atomic E-state index is -3.03. The first-order valence-corrected chi connectivity index (χ1v) is 13.2. The number of carbonyl (C=O) groups is 1. The lowest BCUT2D eigenvalue weighted by Gasteiger charge is -2.24. The number of sulfone groups is 1. The Bertz CT molecular complexity index is 1380. The summed E-state index contributed by atoms with van der Waals surface area (Å²) in [7, 11) is -3.03. The summed E-state index contributed by atoms with van der Waals surface area (Å²) in [5.41, 5.74) is 5.72. The smallest absolute Gasteiger partial charge is 0.253 e. The summed E-state index contributed by atoms with van der Waals surface area (Å²) in [6.07, 6.45) is 6.79. The van der Waals surface area contributed by atoms with E-state index in [1.54, 1.807) is 0 Å². The molecule has 1 amide bonds. The van der Waals surface area contributed by atoms with Crippen LogP contribution in [0.2, 0.25) is 0 Å². The number of fused-ring (bicyclic) bond motifs is 3. The fourth-order valence-electron chi connectivity index (χ4n) is 4.68. The minimum Gasteiger partial charge on any atom is -0.357 e. The summed E-state index contributed by atoms with van der Waals surface area (Å²) in [5.74, 6) is 0.992. The van der Waals surface area contributed by atoms with Crippen LogP contribution in [-0.2, 0) is 9.84 Å². The molecule has 0 saturated heterocycles. The number of allylic oxidation sites excluding steroid dienone is 1. The molecule has 0 fully saturated rings. The third kappa shape index (κ3) is 4.25. The second-order valence-corrected chi connectivity index (χ2v) is 11.1. The molecule has 9 heteroatoms. The molecule has 2 N–H and O–H groups in total. The van der Waals surface area contributed by atoms with Crippen LogP contribution in [0.1, 0.15) is 40.5 Å². The monoisotopic (exact) mass is 465 g/mol. The van der Waals surface area contributed by atoms with Gasteiger partial charge >= 0.3 is 0 Å². The third-order valence-corrected chi connectivity index (χ3v) is 7.33. The van der Waals surface area contributed by atoms with Crippen molar-refractivity contribution in [1.29, 1.82) is 0 Å². The predicted molar refractivity (Wildman–Crippen MR) is 129 cm³/mol. The Kier molecular flexibility index (Phi) is 5.44. The van der Waals surface area contributed by atoms with Crippen molar-refractivity contribution in [2.45, 2.75) is 25.7 Å². The highest BCUT2D eigenvalue weighted by Crippen LogP contribution is 2.34. The van der Waals surface area contributed by atoms with E-state index in [0.717, 1.165) is 45.9 Å². The lowest BCUT2D eigenvalue weighted by molar-refractivity contribution is 0.0940. The molecule has 2 aromatic heterocycles. The van der Waals surface area contributed by atoms with Crippen LogP contribution < -0.4 is 10.2 Å². The molecule has 0 spiro atoms. The van der Waals surface area contributed by atoms with Crippen LogP contribution in [0.4, 0.5) is 5.82 Å². The van der Waals surface area contributed by atoms with Gasteiger partial charge in [-0.3, -0.25) is 4.79 Å². The van der Waals surface area contributed by atoms with Crippen molar-refractivity contribution in [3.63, 3.8) is 0 Å². The van der Waals surface area contributed by atoms with Crippen LogP contribution in [0.3, 0.4) is 0 Å². The van der Waals surface area contributed by atoms with Gasteiger partial charge in [-0.25, -0.2) is 18.4 Å². The van der Waals surface area contributed by atoms with Gasteiger partial charge in [0.1, 0.15) is 15.4 Å². The minimum absolute atomic E-state index is 0.0558. The number of aryl methyl sites for hydroxylation is 1. The molecule has 33 heavy (non-hydrogen) atoms. The number of nitrogens with one attached hydrogen (secondary N) is 2. The molecule has 2 aliphatic heterocycles. The summed E-state index contributed by atoms with van der Waals surface area (Å²) < 4.78 is 23.3. The Morgan fingerprint density at radius 3 is 2.85 bits per heavy atom. The van der Waals surface area contributed by atoms with Gasteiger partial charge < -0.3 is 15.2 Å². The summed E-state index contributed by atoms with van der Waals surface area (Å²) in [5, 5.41) is 3.00. The van der Waals surface area contributed by atoms with E-state index in [1.165, 1.54) is 6.26 Å². The number of para-hydroxylation sites is 1. The van der Waals surface area contributed by atoms with Crippen LogP contribution in [0.5, 0.6) is 0 Å². The quantitative estimate of drug-likeness (QED) is 0.574. The Hall–Kier alpha value is -3.20. The molecule has 8 nitrogen and oxygen atoms in total.